The van der Waals surface area contributed by atoms with E-state index in [9.17, 15) is 14.0 Å². The molecule has 5 rings (SSSR count). The Morgan fingerprint density at radius 3 is 2.76 bits per heavy atom. The van der Waals surface area contributed by atoms with Crippen LogP contribution in [0.25, 0.3) is 10.9 Å². The van der Waals surface area contributed by atoms with Crippen molar-refractivity contribution in [3.8, 4) is 0 Å². The van der Waals surface area contributed by atoms with Gasteiger partial charge in [0.2, 0.25) is 5.91 Å². The Morgan fingerprint density at radius 1 is 1.19 bits per heavy atom. The summed E-state index contributed by atoms with van der Waals surface area (Å²) in [5.41, 5.74) is 3.89. The fraction of sp³-hybridized carbons (Fsp3) is 0.464. The molecule has 1 aromatic heterocycles. The van der Waals surface area contributed by atoms with E-state index >= 15 is 0 Å². The fourth-order valence-corrected chi connectivity index (χ4v) is 5.43. The minimum absolute atomic E-state index is 0.0540. The number of hydrogen-bond donors (Lipinski definition) is 2. The number of rotatable bonds is 5. The third-order valence-corrected chi connectivity index (χ3v) is 7.38. The summed E-state index contributed by atoms with van der Waals surface area (Å²) in [5.74, 6) is 0.526. The van der Waals surface area contributed by atoms with Gasteiger partial charge in [-0.05, 0) is 62.9 Å². The van der Waals surface area contributed by atoms with Gasteiger partial charge in [0.05, 0.1) is 34.9 Å². The van der Waals surface area contributed by atoms with Crippen LogP contribution in [0.15, 0.2) is 35.1 Å². The zero-order chi connectivity index (χ0) is 26.1. The molecule has 9 heteroatoms. The molecule has 0 saturated carbocycles. The molecule has 2 N–H and O–H groups in total. The van der Waals surface area contributed by atoms with E-state index in [4.69, 9.17) is 9.72 Å². The van der Waals surface area contributed by atoms with E-state index in [0.717, 1.165) is 41.9 Å². The van der Waals surface area contributed by atoms with Gasteiger partial charge in [-0.1, -0.05) is 6.07 Å². The van der Waals surface area contributed by atoms with Gasteiger partial charge in [0, 0.05) is 44.8 Å². The number of fused-ring (bicyclic) bond motifs is 1. The van der Waals surface area contributed by atoms with Crippen molar-refractivity contribution in [2.45, 2.75) is 45.1 Å². The number of hydrogen-bond acceptors (Lipinski definition) is 6. The SMILES string of the molecule is Cc1cc([C@@H](C)Nc2ccc(F)cc2N2CCCNC(=O)C2)c2nc(C3CCOCC3)n(C)c(=O)c2c1. The normalized spacial score (nSPS) is 17.9. The third-order valence-electron chi connectivity index (χ3n) is 7.38. The Kier molecular flexibility index (Phi) is 7.15. The maximum atomic E-state index is 14.3. The van der Waals surface area contributed by atoms with Crippen LogP contribution in [0, 0.1) is 12.7 Å². The van der Waals surface area contributed by atoms with Crippen LogP contribution in [-0.4, -0.2) is 48.3 Å². The second kappa shape index (κ2) is 10.5. The average molecular weight is 508 g/mol. The van der Waals surface area contributed by atoms with Crippen LogP contribution in [0.5, 0.6) is 0 Å². The molecule has 2 saturated heterocycles. The molecule has 2 fully saturated rings. The summed E-state index contributed by atoms with van der Waals surface area (Å²) in [4.78, 5) is 32.6. The summed E-state index contributed by atoms with van der Waals surface area (Å²) >= 11 is 0. The monoisotopic (exact) mass is 507 g/mol. The number of benzene rings is 2. The van der Waals surface area contributed by atoms with Gasteiger partial charge in [-0.2, -0.15) is 0 Å². The van der Waals surface area contributed by atoms with Gasteiger partial charge in [-0.15, -0.1) is 0 Å². The predicted molar refractivity (Wildman–Crippen MR) is 143 cm³/mol. The molecule has 2 aromatic carbocycles. The maximum Gasteiger partial charge on any atom is 0.261 e. The molecular weight excluding hydrogens is 473 g/mol. The third kappa shape index (κ3) is 5.18. The summed E-state index contributed by atoms with van der Waals surface area (Å²) in [6.45, 7) is 6.74. The van der Waals surface area contributed by atoms with E-state index in [1.807, 2.05) is 24.8 Å². The Morgan fingerprint density at radius 2 is 1.97 bits per heavy atom. The molecule has 2 aliphatic heterocycles. The van der Waals surface area contributed by atoms with Gasteiger partial charge in [0.1, 0.15) is 11.6 Å². The van der Waals surface area contributed by atoms with Gasteiger partial charge < -0.3 is 20.3 Å². The first-order valence-corrected chi connectivity index (χ1v) is 13.0. The molecule has 0 unspecified atom stereocenters. The number of carbonyl (C=O) groups is 1. The van der Waals surface area contributed by atoms with Crippen molar-refractivity contribution in [2.24, 2.45) is 7.05 Å². The van der Waals surface area contributed by atoms with Gasteiger partial charge in [-0.3, -0.25) is 14.2 Å². The molecule has 8 nitrogen and oxygen atoms in total. The van der Waals surface area contributed by atoms with E-state index in [2.05, 4.69) is 16.7 Å². The van der Waals surface area contributed by atoms with Crippen LogP contribution in [-0.2, 0) is 16.6 Å². The molecule has 0 spiro atoms. The summed E-state index contributed by atoms with van der Waals surface area (Å²) < 4.78 is 21.5. The van der Waals surface area contributed by atoms with E-state index in [1.54, 1.807) is 17.7 Å². The molecule has 0 radical (unpaired) electrons. The van der Waals surface area contributed by atoms with Gasteiger partial charge in [0.25, 0.3) is 5.56 Å². The molecule has 2 aliphatic rings. The second-order valence-electron chi connectivity index (χ2n) is 10.1. The molecule has 0 bridgehead atoms. The molecule has 3 aromatic rings. The van der Waals surface area contributed by atoms with Crippen molar-refractivity contribution in [3.63, 3.8) is 0 Å². The van der Waals surface area contributed by atoms with E-state index in [-0.39, 0.29) is 35.8 Å². The number of carbonyl (C=O) groups excluding carboxylic acids is 1. The van der Waals surface area contributed by atoms with Gasteiger partial charge in [-0.25, -0.2) is 9.37 Å². The highest BCUT2D eigenvalue weighted by Crippen LogP contribution is 2.33. The second-order valence-corrected chi connectivity index (χ2v) is 10.1. The lowest BCUT2D eigenvalue weighted by atomic mass is 9.97. The number of nitrogens with one attached hydrogen (secondary N) is 2. The first kappa shape index (κ1) is 25.2. The highest BCUT2D eigenvalue weighted by Gasteiger charge is 2.24. The molecule has 37 heavy (non-hydrogen) atoms. The van der Waals surface area contributed by atoms with E-state index < -0.39 is 0 Å². The largest absolute Gasteiger partial charge is 0.381 e. The number of anilines is 2. The average Bonchev–Trinajstić information content (AvgIpc) is 3.11. The standard InChI is InChI=1S/C28H34FN5O3/c1-17-13-21(26-22(14-17)28(36)33(3)27(32-26)19-7-11-37-12-8-19)18(2)31-23-6-5-20(29)15-24(23)34-10-4-9-30-25(35)16-34/h5-6,13-15,18-19,31H,4,7-12,16H2,1-3H3,(H,30,35)/t18-/m1/s1. The number of halogens is 1. The van der Waals surface area contributed by atoms with Crippen LogP contribution in [0.3, 0.4) is 0 Å². The van der Waals surface area contributed by atoms with Crippen LogP contribution in [0.2, 0.25) is 0 Å². The Bertz CT molecular complexity index is 1380. The minimum atomic E-state index is -0.356. The van der Waals surface area contributed by atoms with Crippen LogP contribution in [0.1, 0.15) is 55.1 Å². The zero-order valence-electron chi connectivity index (χ0n) is 21.6. The van der Waals surface area contributed by atoms with Crippen LogP contribution < -0.4 is 21.1 Å². The lowest BCUT2D eigenvalue weighted by molar-refractivity contribution is -0.119. The highest BCUT2D eigenvalue weighted by atomic mass is 19.1. The van der Waals surface area contributed by atoms with Crippen molar-refractivity contribution in [1.29, 1.82) is 0 Å². The first-order chi connectivity index (χ1) is 17.8. The molecule has 3 heterocycles. The number of amides is 1. The smallest absolute Gasteiger partial charge is 0.261 e. The summed E-state index contributed by atoms with van der Waals surface area (Å²) in [5, 5.41) is 6.99. The van der Waals surface area contributed by atoms with Gasteiger partial charge in [0.15, 0.2) is 0 Å². The van der Waals surface area contributed by atoms with Crippen molar-refractivity contribution >= 4 is 28.2 Å². The molecule has 196 valence electrons. The number of ether oxygens (including phenoxy) is 1. The molecular formula is C28H34FN5O3. The Hall–Kier alpha value is -3.46. The van der Waals surface area contributed by atoms with Crippen LogP contribution >= 0.6 is 0 Å². The van der Waals surface area contributed by atoms with Crippen molar-refractivity contribution < 1.29 is 13.9 Å². The first-order valence-electron chi connectivity index (χ1n) is 13.0. The number of aromatic nitrogens is 2. The minimum Gasteiger partial charge on any atom is -0.381 e. The zero-order valence-corrected chi connectivity index (χ0v) is 21.6. The van der Waals surface area contributed by atoms with Crippen molar-refractivity contribution in [1.82, 2.24) is 14.9 Å². The molecule has 1 atom stereocenters. The van der Waals surface area contributed by atoms with Crippen molar-refractivity contribution in [2.75, 3.05) is 43.1 Å². The fourth-order valence-electron chi connectivity index (χ4n) is 5.43. The molecule has 1 amide bonds. The topological polar surface area (TPSA) is 88.5 Å². The Balaban J connectivity index is 1.55. The lowest BCUT2D eigenvalue weighted by Crippen LogP contribution is -2.33. The lowest BCUT2D eigenvalue weighted by Gasteiger charge is -2.27. The number of nitrogens with zero attached hydrogens (tertiary/aromatic N) is 3. The molecule has 0 aliphatic carbocycles. The number of aryl methyl sites for hydroxylation is 1. The van der Waals surface area contributed by atoms with Gasteiger partial charge >= 0.3 is 0 Å². The highest BCUT2D eigenvalue weighted by molar-refractivity contribution is 5.85. The predicted octanol–water partition coefficient (Wildman–Crippen LogP) is 3.77. The quantitative estimate of drug-likeness (QED) is 0.547. The summed E-state index contributed by atoms with van der Waals surface area (Å²) in [6, 6.07) is 8.33. The van der Waals surface area contributed by atoms with Crippen molar-refractivity contribution in [3.05, 3.63) is 63.5 Å². The summed E-state index contributed by atoms with van der Waals surface area (Å²) in [7, 11) is 1.80. The Labute approximate surface area is 215 Å². The van der Waals surface area contributed by atoms with E-state index in [0.29, 0.717) is 42.9 Å². The van der Waals surface area contributed by atoms with E-state index in [1.165, 1.54) is 12.1 Å². The summed E-state index contributed by atoms with van der Waals surface area (Å²) in [6.07, 6.45) is 2.45. The van der Waals surface area contributed by atoms with Crippen LogP contribution in [0.4, 0.5) is 15.8 Å². The maximum absolute atomic E-state index is 14.3.